The lowest BCUT2D eigenvalue weighted by Gasteiger charge is -2.09. The molecule has 1 aromatic rings. The van der Waals surface area contributed by atoms with Gasteiger partial charge in [-0.25, -0.2) is 0 Å². The molecule has 0 aromatic heterocycles. The Bertz CT molecular complexity index is 328. The number of hydrogen-bond acceptors (Lipinski definition) is 4. The van der Waals surface area contributed by atoms with Gasteiger partial charge in [0.05, 0.1) is 6.61 Å². The van der Waals surface area contributed by atoms with E-state index in [4.69, 9.17) is 9.84 Å². The van der Waals surface area contributed by atoms with E-state index in [2.05, 4.69) is 5.32 Å². The van der Waals surface area contributed by atoms with Crippen LogP contribution in [0.3, 0.4) is 0 Å². The van der Waals surface area contributed by atoms with Gasteiger partial charge in [0.15, 0.2) is 11.5 Å². The first kappa shape index (κ1) is 13.8. The van der Waals surface area contributed by atoms with Crippen molar-refractivity contribution in [3.8, 4) is 11.5 Å². The SMILES string of the molecule is CCOc1cc(CNCCCCO)ccc1O. The van der Waals surface area contributed by atoms with E-state index in [0.29, 0.717) is 12.4 Å². The highest BCUT2D eigenvalue weighted by molar-refractivity contribution is 5.41. The summed E-state index contributed by atoms with van der Waals surface area (Å²) in [6.45, 7) is 4.30. The molecule has 0 amide bonds. The van der Waals surface area contributed by atoms with Gasteiger partial charge in [-0.3, -0.25) is 0 Å². The van der Waals surface area contributed by atoms with E-state index in [9.17, 15) is 5.11 Å². The molecule has 0 fully saturated rings. The lowest BCUT2D eigenvalue weighted by molar-refractivity contribution is 0.283. The second-order valence-electron chi connectivity index (χ2n) is 3.84. The fraction of sp³-hybridized carbons (Fsp3) is 0.538. The number of rotatable bonds is 8. The van der Waals surface area contributed by atoms with Crippen molar-refractivity contribution in [2.45, 2.75) is 26.3 Å². The molecule has 0 aliphatic heterocycles. The number of phenols is 1. The summed E-state index contributed by atoms with van der Waals surface area (Å²) in [5.74, 6) is 0.707. The van der Waals surface area contributed by atoms with Crippen LogP contribution in [0.4, 0.5) is 0 Å². The highest BCUT2D eigenvalue weighted by Gasteiger charge is 2.02. The summed E-state index contributed by atoms with van der Waals surface area (Å²) < 4.78 is 5.31. The maximum Gasteiger partial charge on any atom is 0.161 e. The molecule has 0 aliphatic rings. The molecule has 17 heavy (non-hydrogen) atoms. The van der Waals surface area contributed by atoms with Gasteiger partial charge in [0.25, 0.3) is 0 Å². The van der Waals surface area contributed by atoms with Crippen LogP contribution < -0.4 is 10.1 Å². The number of hydrogen-bond donors (Lipinski definition) is 3. The van der Waals surface area contributed by atoms with Gasteiger partial charge in [-0.2, -0.15) is 0 Å². The standard InChI is InChI=1S/C13H21NO3/c1-2-17-13-9-11(5-6-12(13)16)10-14-7-3-4-8-15/h5-6,9,14-16H,2-4,7-8,10H2,1H3. The quantitative estimate of drug-likeness (QED) is 0.604. The normalized spacial score (nSPS) is 10.5. The van der Waals surface area contributed by atoms with E-state index in [-0.39, 0.29) is 12.4 Å². The summed E-state index contributed by atoms with van der Waals surface area (Å²) in [6, 6.07) is 5.37. The Hall–Kier alpha value is -1.26. The van der Waals surface area contributed by atoms with Crippen molar-refractivity contribution in [1.82, 2.24) is 5.32 Å². The number of phenolic OH excluding ortho intramolecular Hbond substituents is 1. The molecule has 0 bridgehead atoms. The molecular formula is C13H21NO3. The largest absolute Gasteiger partial charge is 0.504 e. The topological polar surface area (TPSA) is 61.7 Å². The molecule has 3 N–H and O–H groups in total. The van der Waals surface area contributed by atoms with Crippen molar-refractivity contribution >= 4 is 0 Å². The Morgan fingerprint density at radius 1 is 1.29 bits per heavy atom. The highest BCUT2D eigenvalue weighted by atomic mass is 16.5. The summed E-state index contributed by atoms with van der Waals surface area (Å²) in [6.07, 6.45) is 1.79. The first-order valence-corrected chi connectivity index (χ1v) is 6.04. The zero-order chi connectivity index (χ0) is 12.5. The Morgan fingerprint density at radius 3 is 2.82 bits per heavy atom. The lowest BCUT2D eigenvalue weighted by atomic mass is 10.2. The molecule has 0 spiro atoms. The van der Waals surface area contributed by atoms with E-state index in [1.807, 2.05) is 19.1 Å². The Morgan fingerprint density at radius 2 is 2.12 bits per heavy atom. The third-order valence-corrected chi connectivity index (χ3v) is 2.41. The average Bonchev–Trinajstić information content (AvgIpc) is 2.33. The van der Waals surface area contributed by atoms with Crippen LogP contribution >= 0.6 is 0 Å². The van der Waals surface area contributed by atoms with Crippen LogP contribution in [0, 0.1) is 0 Å². The molecule has 0 saturated carbocycles. The highest BCUT2D eigenvalue weighted by Crippen LogP contribution is 2.26. The first-order chi connectivity index (χ1) is 8.27. The Kier molecular flexibility index (Phi) is 6.43. The smallest absolute Gasteiger partial charge is 0.161 e. The minimum absolute atomic E-state index is 0.177. The third kappa shape index (κ3) is 5.06. The van der Waals surface area contributed by atoms with Crippen LogP contribution in [-0.2, 0) is 6.54 Å². The van der Waals surface area contributed by atoms with Crippen molar-refractivity contribution in [3.05, 3.63) is 23.8 Å². The van der Waals surface area contributed by atoms with Crippen molar-refractivity contribution in [2.75, 3.05) is 19.8 Å². The van der Waals surface area contributed by atoms with Crippen molar-refractivity contribution < 1.29 is 14.9 Å². The van der Waals surface area contributed by atoms with E-state index < -0.39 is 0 Å². The Balaban J connectivity index is 2.40. The minimum Gasteiger partial charge on any atom is -0.504 e. The summed E-state index contributed by atoms with van der Waals surface area (Å²) in [5, 5.41) is 21.4. The summed E-state index contributed by atoms with van der Waals surface area (Å²) in [7, 11) is 0. The predicted octanol–water partition coefficient (Wildman–Crippen LogP) is 1.65. The van der Waals surface area contributed by atoms with Gasteiger partial charge in [-0.1, -0.05) is 6.07 Å². The van der Waals surface area contributed by atoms with Crippen molar-refractivity contribution in [2.24, 2.45) is 0 Å². The van der Waals surface area contributed by atoms with E-state index in [0.717, 1.165) is 31.5 Å². The Labute approximate surface area is 102 Å². The maximum atomic E-state index is 9.53. The van der Waals surface area contributed by atoms with Crippen molar-refractivity contribution in [3.63, 3.8) is 0 Å². The van der Waals surface area contributed by atoms with Gasteiger partial charge in [0.1, 0.15) is 0 Å². The maximum absolute atomic E-state index is 9.53. The summed E-state index contributed by atoms with van der Waals surface area (Å²) in [5.41, 5.74) is 1.08. The number of nitrogens with one attached hydrogen (secondary N) is 1. The zero-order valence-corrected chi connectivity index (χ0v) is 10.3. The third-order valence-electron chi connectivity index (χ3n) is 2.41. The fourth-order valence-electron chi connectivity index (χ4n) is 1.53. The number of aliphatic hydroxyl groups excluding tert-OH is 1. The molecule has 0 aliphatic carbocycles. The van der Waals surface area contributed by atoms with Crippen LogP contribution in [0.2, 0.25) is 0 Å². The molecule has 0 unspecified atom stereocenters. The van der Waals surface area contributed by atoms with Crippen LogP contribution in [0.25, 0.3) is 0 Å². The number of ether oxygens (including phenoxy) is 1. The predicted molar refractivity (Wildman–Crippen MR) is 67.3 cm³/mol. The molecule has 0 atom stereocenters. The van der Waals surface area contributed by atoms with Crippen LogP contribution in [0.5, 0.6) is 11.5 Å². The van der Waals surface area contributed by atoms with Crippen LogP contribution in [0.1, 0.15) is 25.3 Å². The monoisotopic (exact) mass is 239 g/mol. The molecule has 4 heteroatoms. The molecule has 0 heterocycles. The van der Waals surface area contributed by atoms with Gasteiger partial charge in [0, 0.05) is 13.2 Å². The van der Waals surface area contributed by atoms with E-state index in [1.54, 1.807) is 6.07 Å². The molecule has 1 rings (SSSR count). The van der Waals surface area contributed by atoms with E-state index >= 15 is 0 Å². The second kappa shape index (κ2) is 7.92. The molecule has 0 radical (unpaired) electrons. The summed E-state index contributed by atoms with van der Waals surface area (Å²) in [4.78, 5) is 0. The number of aliphatic hydroxyl groups is 1. The second-order valence-corrected chi connectivity index (χ2v) is 3.84. The molecule has 96 valence electrons. The van der Waals surface area contributed by atoms with Gasteiger partial charge < -0.3 is 20.3 Å². The van der Waals surface area contributed by atoms with Crippen LogP contribution in [-0.4, -0.2) is 30.0 Å². The molecule has 4 nitrogen and oxygen atoms in total. The minimum atomic E-state index is 0.177. The average molecular weight is 239 g/mol. The number of benzene rings is 1. The van der Waals surface area contributed by atoms with Crippen LogP contribution in [0.15, 0.2) is 18.2 Å². The van der Waals surface area contributed by atoms with Gasteiger partial charge in [0.2, 0.25) is 0 Å². The summed E-state index contributed by atoms with van der Waals surface area (Å²) >= 11 is 0. The fourth-order valence-corrected chi connectivity index (χ4v) is 1.53. The van der Waals surface area contributed by atoms with Crippen molar-refractivity contribution in [1.29, 1.82) is 0 Å². The molecule has 0 saturated heterocycles. The van der Waals surface area contributed by atoms with Gasteiger partial charge in [-0.05, 0) is 44.0 Å². The lowest BCUT2D eigenvalue weighted by Crippen LogP contribution is -2.15. The molecule has 1 aromatic carbocycles. The van der Waals surface area contributed by atoms with Gasteiger partial charge >= 0.3 is 0 Å². The number of aromatic hydroxyl groups is 1. The first-order valence-electron chi connectivity index (χ1n) is 6.04. The zero-order valence-electron chi connectivity index (χ0n) is 10.3. The molecular weight excluding hydrogens is 218 g/mol. The van der Waals surface area contributed by atoms with E-state index in [1.165, 1.54) is 0 Å². The number of unbranched alkanes of at least 4 members (excludes halogenated alkanes) is 1. The van der Waals surface area contributed by atoms with Gasteiger partial charge in [-0.15, -0.1) is 0 Å².